The third-order valence-corrected chi connectivity index (χ3v) is 2.43. The van der Waals surface area contributed by atoms with Gasteiger partial charge in [0.1, 0.15) is 0 Å². The summed E-state index contributed by atoms with van der Waals surface area (Å²) in [5.74, 6) is -1.23. The Hall–Kier alpha value is -2.14. The molecule has 1 N–H and O–H groups in total. The Kier molecular flexibility index (Phi) is 4.30. The number of benzene rings is 1. The summed E-state index contributed by atoms with van der Waals surface area (Å²) in [5, 5.41) is 3.09. The molecule has 0 atom stereocenters. The zero-order chi connectivity index (χ0) is 13.7. The standard InChI is InChI=1S/C13H10ClFN2O2/c14-9-3-1-4-10(7-9)17-12(18)8-19-11-5-2-6-16-13(11)15/h1-7H,8H2,(H,17,18). The molecular formula is C13H10ClFN2O2. The van der Waals surface area contributed by atoms with Crippen molar-refractivity contribution in [1.82, 2.24) is 4.98 Å². The Morgan fingerprint density at radius 1 is 1.37 bits per heavy atom. The minimum Gasteiger partial charge on any atom is -0.479 e. The number of amides is 1. The maximum Gasteiger partial charge on any atom is 0.262 e. The van der Waals surface area contributed by atoms with Crippen LogP contribution in [0.25, 0.3) is 0 Å². The Labute approximate surface area is 114 Å². The Balaban J connectivity index is 1.90. The summed E-state index contributed by atoms with van der Waals surface area (Å²) in [4.78, 5) is 15.0. The van der Waals surface area contributed by atoms with Gasteiger partial charge in [0.15, 0.2) is 12.4 Å². The number of hydrogen-bond donors (Lipinski definition) is 1. The van der Waals surface area contributed by atoms with Crippen LogP contribution in [0.1, 0.15) is 0 Å². The molecule has 1 aromatic heterocycles. The number of halogens is 2. The monoisotopic (exact) mass is 280 g/mol. The Morgan fingerprint density at radius 3 is 2.95 bits per heavy atom. The molecule has 4 nitrogen and oxygen atoms in total. The van der Waals surface area contributed by atoms with Crippen LogP contribution < -0.4 is 10.1 Å². The predicted octanol–water partition coefficient (Wildman–Crippen LogP) is 2.89. The van der Waals surface area contributed by atoms with Crippen LogP contribution in [0.15, 0.2) is 42.6 Å². The largest absolute Gasteiger partial charge is 0.479 e. The lowest BCUT2D eigenvalue weighted by Crippen LogP contribution is -2.20. The fourth-order valence-electron chi connectivity index (χ4n) is 1.39. The van der Waals surface area contributed by atoms with E-state index >= 15 is 0 Å². The normalized spacial score (nSPS) is 10.0. The van der Waals surface area contributed by atoms with Crippen molar-refractivity contribution in [1.29, 1.82) is 0 Å². The predicted molar refractivity (Wildman–Crippen MR) is 69.8 cm³/mol. The highest BCUT2D eigenvalue weighted by atomic mass is 35.5. The highest BCUT2D eigenvalue weighted by molar-refractivity contribution is 6.30. The van der Waals surface area contributed by atoms with Crippen LogP contribution >= 0.6 is 11.6 Å². The molecule has 19 heavy (non-hydrogen) atoms. The number of nitrogens with one attached hydrogen (secondary N) is 1. The van der Waals surface area contributed by atoms with E-state index < -0.39 is 11.9 Å². The second kappa shape index (κ2) is 6.15. The van der Waals surface area contributed by atoms with E-state index in [1.807, 2.05) is 0 Å². The maximum atomic E-state index is 13.1. The molecule has 0 aliphatic carbocycles. The van der Waals surface area contributed by atoms with Gasteiger partial charge in [-0.15, -0.1) is 0 Å². The zero-order valence-corrected chi connectivity index (χ0v) is 10.5. The molecule has 6 heteroatoms. The third kappa shape index (κ3) is 3.93. The SMILES string of the molecule is O=C(COc1cccnc1F)Nc1cccc(Cl)c1. The molecule has 0 radical (unpaired) electrons. The van der Waals surface area contributed by atoms with Crippen LogP contribution in [0, 0.1) is 5.95 Å². The van der Waals surface area contributed by atoms with Crippen molar-refractivity contribution in [2.45, 2.75) is 0 Å². The van der Waals surface area contributed by atoms with Gasteiger partial charge < -0.3 is 10.1 Å². The van der Waals surface area contributed by atoms with Crippen molar-refractivity contribution in [2.75, 3.05) is 11.9 Å². The van der Waals surface area contributed by atoms with Crippen LogP contribution in [0.4, 0.5) is 10.1 Å². The van der Waals surface area contributed by atoms with Crippen molar-refractivity contribution < 1.29 is 13.9 Å². The van der Waals surface area contributed by atoms with Gasteiger partial charge in [-0.05, 0) is 30.3 Å². The van der Waals surface area contributed by atoms with Gasteiger partial charge >= 0.3 is 0 Å². The van der Waals surface area contributed by atoms with Gasteiger partial charge in [0.25, 0.3) is 11.9 Å². The van der Waals surface area contributed by atoms with Gasteiger partial charge in [-0.25, -0.2) is 4.98 Å². The molecule has 0 saturated carbocycles. The summed E-state index contributed by atoms with van der Waals surface area (Å²) in [7, 11) is 0. The van der Waals surface area contributed by atoms with Crippen molar-refractivity contribution in [3.63, 3.8) is 0 Å². The number of carbonyl (C=O) groups is 1. The van der Waals surface area contributed by atoms with Crippen molar-refractivity contribution in [3.8, 4) is 5.75 Å². The first-order valence-corrected chi connectivity index (χ1v) is 5.81. The highest BCUT2D eigenvalue weighted by Crippen LogP contribution is 2.15. The number of carbonyl (C=O) groups excluding carboxylic acids is 1. The molecule has 0 aliphatic heterocycles. The van der Waals surface area contributed by atoms with Crippen molar-refractivity contribution in [2.24, 2.45) is 0 Å². The number of pyridine rings is 1. The van der Waals surface area contributed by atoms with Crippen LogP contribution in [-0.4, -0.2) is 17.5 Å². The quantitative estimate of drug-likeness (QED) is 0.876. The number of rotatable bonds is 4. The molecule has 1 heterocycles. The van der Waals surface area contributed by atoms with Crippen molar-refractivity contribution >= 4 is 23.2 Å². The van der Waals surface area contributed by atoms with Crippen LogP contribution in [0.3, 0.4) is 0 Å². The van der Waals surface area contributed by atoms with E-state index in [0.29, 0.717) is 10.7 Å². The first-order valence-electron chi connectivity index (χ1n) is 5.44. The average Bonchev–Trinajstić information content (AvgIpc) is 2.38. The minimum absolute atomic E-state index is 0.0660. The molecule has 0 aliphatic rings. The first-order chi connectivity index (χ1) is 9.15. The number of hydrogen-bond acceptors (Lipinski definition) is 3. The average molecular weight is 281 g/mol. The molecule has 0 spiro atoms. The minimum atomic E-state index is -0.752. The molecule has 1 amide bonds. The molecule has 0 saturated heterocycles. The molecule has 2 aromatic rings. The van der Waals surface area contributed by atoms with Gasteiger partial charge in [-0.1, -0.05) is 17.7 Å². The summed E-state index contributed by atoms with van der Waals surface area (Å²) in [6.45, 7) is -0.310. The van der Waals surface area contributed by atoms with Crippen molar-refractivity contribution in [3.05, 3.63) is 53.6 Å². The van der Waals surface area contributed by atoms with E-state index in [2.05, 4.69) is 10.3 Å². The molecule has 0 bridgehead atoms. The fourth-order valence-corrected chi connectivity index (χ4v) is 1.58. The summed E-state index contributed by atoms with van der Waals surface area (Å²) in [6, 6.07) is 9.61. The zero-order valence-electron chi connectivity index (χ0n) is 9.77. The molecule has 2 rings (SSSR count). The molecule has 0 fully saturated rings. The summed E-state index contributed by atoms with van der Waals surface area (Å²) in [6.07, 6.45) is 1.30. The van der Waals surface area contributed by atoms with E-state index in [9.17, 15) is 9.18 Å². The fraction of sp³-hybridized carbons (Fsp3) is 0.0769. The first kappa shape index (κ1) is 13.3. The van der Waals surface area contributed by atoms with E-state index in [4.69, 9.17) is 16.3 Å². The lowest BCUT2D eigenvalue weighted by molar-refractivity contribution is -0.118. The second-order valence-electron chi connectivity index (χ2n) is 3.64. The van der Waals surface area contributed by atoms with Gasteiger partial charge in [0, 0.05) is 16.9 Å². The van der Waals surface area contributed by atoms with Crippen LogP contribution in [0.2, 0.25) is 5.02 Å². The maximum absolute atomic E-state index is 13.1. The third-order valence-electron chi connectivity index (χ3n) is 2.19. The molecular weight excluding hydrogens is 271 g/mol. The number of aromatic nitrogens is 1. The Morgan fingerprint density at radius 2 is 2.21 bits per heavy atom. The van der Waals surface area contributed by atoms with E-state index in [1.165, 1.54) is 18.3 Å². The molecule has 0 unspecified atom stereocenters. The van der Waals surface area contributed by atoms with Gasteiger partial charge in [0.05, 0.1) is 0 Å². The van der Waals surface area contributed by atoms with Gasteiger partial charge in [-0.2, -0.15) is 4.39 Å². The van der Waals surface area contributed by atoms with Gasteiger partial charge in [-0.3, -0.25) is 4.79 Å². The Bertz CT molecular complexity index is 592. The lowest BCUT2D eigenvalue weighted by Gasteiger charge is -2.07. The molecule has 1 aromatic carbocycles. The molecule has 98 valence electrons. The van der Waals surface area contributed by atoms with E-state index in [0.717, 1.165) is 0 Å². The highest BCUT2D eigenvalue weighted by Gasteiger charge is 2.07. The van der Waals surface area contributed by atoms with E-state index in [-0.39, 0.29) is 12.4 Å². The second-order valence-corrected chi connectivity index (χ2v) is 4.08. The van der Waals surface area contributed by atoms with Crippen LogP contribution in [-0.2, 0) is 4.79 Å². The number of anilines is 1. The summed E-state index contributed by atoms with van der Waals surface area (Å²) >= 11 is 5.78. The smallest absolute Gasteiger partial charge is 0.262 e. The number of nitrogens with zero attached hydrogens (tertiary/aromatic N) is 1. The topological polar surface area (TPSA) is 51.2 Å². The lowest BCUT2D eigenvalue weighted by atomic mass is 10.3. The summed E-state index contributed by atoms with van der Waals surface area (Å²) < 4.78 is 18.2. The van der Waals surface area contributed by atoms with Gasteiger partial charge in [0.2, 0.25) is 0 Å². The summed E-state index contributed by atoms with van der Waals surface area (Å²) in [5.41, 5.74) is 0.549. The van der Waals surface area contributed by atoms with Crippen LogP contribution in [0.5, 0.6) is 5.75 Å². The number of ether oxygens (including phenoxy) is 1. The van der Waals surface area contributed by atoms with E-state index in [1.54, 1.807) is 24.3 Å².